The van der Waals surface area contributed by atoms with Crippen molar-refractivity contribution in [2.75, 3.05) is 13.7 Å². The van der Waals surface area contributed by atoms with Crippen molar-refractivity contribution in [3.63, 3.8) is 0 Å². The Hall–Kier alpha value is -1.93. The van der Waals surface area contributed by atoms with E-state index in [0.29, 0.717) is 38.3 Å². The van der Waals surface area contributed by atoms with Gasteiger partial charge in [-0.15, -0.1) is 0 Å². The summed E-state index contributed by atoms with van der Waals surface area (Å²) in [4.78, 5) is 0. The van der Waals surface area contributed by atoms with E-state index in [4.69, 9.17) is 14.0 Å². The van der Waals surface area contributed by atoms with Crippen LogP contribution in [0.5, 0.6) is 5.75 Å². The van der Waals surface area contributed by atoms with Gasteiger partial charge in [0, 0.05) is 38.2 Å². The van der Waals surface area contributed by atoms with Gasteiger partial charge in [-0.2, -0.15) is 0 Å². The topological polar surface area (TPSA) is 97.0 Å². The van der Waals surface area contributed by atoms with Gasteiger partial charge in [-0.25, -0.2) is 0 Å². The third-order valence-corrected chi connectivity index (χ3v) is 4.56. The van der Waals surface area contributed by atoms with E-state index in [0.717, 1.165) is 17.7 Å². The van der Waals surface area contributed by atoms with Crippen molar-refractivity contribution >= 4 is 0 Å². The molecule has 0 radical (unpaired) electrons. The van der Waals surface area contributed by atoms with E-state index >= 15 is 0 Å². The van der Waals surface area contributed by atoms with Crippen molar-refractivity contribution < 1.29 is 24.2 Å². The highest BCUT2D eigenvalue weighted by Crippen LogP contribution is 2.23. The minimum Gasteiger partial charge on any atom is -0.508 e. The van der Waals surface area contributed by atoms with Crippen molar-refractivity contribution in [3.05, 3.63) is 47.3 Å². The number of phenolic OH excluding ortho intramolecular Hbond substituents is 1. The summed E-state index contributed by atoms with van der Waals surface area (Å²) in [7, 11) is 1.61. The molecule has 0 unspecified atom stereocenters. The average Bonchev–Trinajstić information content (AvgIpc) is 3.07. The lowest BCUT2D eigenvalue weighted by Gasteiger charge is -2.34. The minimum absolute atomic E-state index is 0.00387. The van der Waals surface area contributed by atoms with Crippen LogP contribution >= 0.6 is 0 Å². The fourth-order valence-corrected chi connectivity index (χ4v) is 3.19. The molecular formula is C19H26N2O5. The second-order valence-electron chi connectivity index (χ2n) is 6.62. The standard InChI is InChI=1S/C19H26N2O5/c1-24-12-16-9-14(21-26-16)8-15-6-7-18(23)19(25-15)11-20-10-13-4-2-3-5-17(13)22/h2-5,9,15,18-20,22-23H,6-8,10-12H2,1H3/t15-,18-,19+/m0/s1. The maximum atomic E-state index is 10.2. The Balaban J connectivity index is 1.48. The van der Waals surface area contributed by atoms with Gasteiger partial charge < -0.3 is 29.5 Å². The zero-order valence-corrected chi connectivity index (χ0v) is 14.9. The lowest BCUT2D eigenvalue weighted by Crippen LogP contribution is -2.45. The molecule has 1 aliphatic heterocycles. The van der Waals surface area contributed by atoms with E-state index in [1.807, 2.05) is 18.2 Å². The van der Waals surface area contributed by atoms with Crippen molar-refractivity contribution in [3.8, 4) is 5.75 Å². The summed E-state index contributed by atoms with van der Waals surface area (Å²) in [5, 5.41) is 27.3. The zero-order chi connectivity index (χ0) is 18.4. The van der Waals surface area contributed by atoms with Gasteiger partial charge in [0.25, 0.3) is 0 Å². The maximum Gasteiger partial charge on any atom is 0.162 e. The van der Waals surface area contributed by atoms with Crippen LogP contribution in [0.2, 0.25) is 0 Å². The molecule has 0 bridgehead atoms. The number of methoxy groups -OCH3 is 1. The number of hydrogen-bond acceptors (Lipinski definition) is 7. The van der Waals surface area contributed by atoms with Crippen LogP contribution in [-0.4, -0.2) is 47.3 Å². The fraction of sp³-hybridized carbons (Fsp3) is 0.526. The number of aromatic nitrogens is 1. The first kappa shape index (κ1) is 18.8. The molecule has 3 rings (SSSR count). The number of rotatable bonds is 8. The summed E-state index contributed by atoms with van der Waals surface area (Å²) >= 11 is 0. The molecule has 1 saturated heterocycles. The second-order valence-corrected chi connectivity index (χ2v) is 6.62. The first-order valence-corrected chi connectivity index (χ1v) is 8.90. The third kappa shape index (κ3) is 5.04. The monoisotopic (exact) mass is 362 g/mol. The molecule has 1 aromatic carbocycles. The molecule has 0 spiro atoms. The van der Waals surface area contributed by atoms with Crippen molar-refractivity contribution in [1.29, 1.82) is 0 Å². The van der Waals surface area contributed by atoms with Gasteiger partial charge in [-0.05, 0) is 18.9 Å². The summed E-state index contributed by atoms with van der Waals surface area (Å²) < 4.78 is 16.3. The smallest absolute Gasteiger partial charge is 0.162 e. The van der Waals surface area contributed by atoms with Crippen LogP contribution < -0.4 is 5.32 Å². The van der Waals surface area contributed by atoms with Crippen LogP contribution in [0.3, 0.4) is 0 Å². The number of aliphatic hydroxyl groups excluding tert-OH is 1. The third-order valence-electron chi connectivity index (χ3n) is 4.56. The summed E-state index contributed by atoms with van der Waals surface area (Å²) in [5.74, 6) is 0.958. The molecule has 0 saturated carbocycles. The normalized spacial score (nSPS) is 23.2. The molecule has 142 valence electrons. The molecule has 0 aliphatic carbocycles. The number of ether oxygens (including phenoxy) is 2. The van der Waals surface area contributed by atoms with Gasteiger partial charge in [0.15, 0.2) is 5.76 Å². The Labute approximate surface area is 152 Å². The van der Waals surface area contributed by atoms with Crippen LogP contribution in [0.15, 0.2) is 34.9 Å². The molecule has 7 nitrogen and oxygen atoms in total. The van der Waals surface area contributed by atoms with Gasteiger partial charge in [-0.1, -0.05) is 23.4 Å². The average molecular weight is 362 g/mol. The first-order valence-electron chi connectivity index (χ1n) is 8.90. The molecule has 1 fully saturated rings. The molecule has 1 aliphatic rings. The largest absolute Gasteiger partial charge is 0.508 e. The molecule has 3 N–H and O–H groups in total. The Morgan fingerprint density at radius 3 is 2.96 bits per heavy atom. The number of aromatic hydroxyl groups is 1. The molecule has 2 heterocycles. The van der Waals surface area contributed by atoms with Gasteiger partial charge in [-0.3, -0.25) is 0 Å². The number of aliphatic hydroxyl groups is 1. The minimum atomic E-state index is -0.496. The molecule has 1 aromatic heterocycles. The highest BCUT2D eigenvalue weighted by molar-refractivity contribution is 5.31. The van der Waals surface area contributed by atoms with Gasteiger partial charge in [0.2, 0.25) is 0 Å². The number of hydrogen-bond donors (Lipinski definition) is 3. The van der Waals surface area contributed by atoms with Crippen LogP contribution in [0.1, 0.15) is 29.9 Å². The molecule has 3 atom stereocenters. The van der Waals surface area contributed by atoms with Crippen molar-refractivity contribution in [2.24, 2.45) is 0 Å². The number of nitrogens with one attached hydrogen (secondary N) is 1. The van der Waals surface area contributed by atoms with Crippen molar-refractivity contribution in [1.82, 2.24) is 10.5 Å². The number of benzene rings is 1. The highest BCUT2D eigenvalue weighted by Gasteiger charge is 2.30. The summed E-state index contributed by atoms with van der Waals surface area (Å²) in [6, 6.07) is 9.08. The Morgan fingerprint density at radius 2 is 2.15 bits per heavy atom. The Kier molecular flexibility index (Phi) is 6.62. The molecule has 0 amide bonds. The SMILES string of the molecule is COCc1cc(C[C@@H]2CC[C@H](O)[C@@H](CNCc3ccccc3O)O2)no1. The van der Waals surface area contributed by atoms with Gasteiger partial charge >= 0.3 is 0 Å². The maximum absolute atomic E-state index is 10.2. The molecule has 2 aromatic rings. The van der Waals surface area contributed by atoms with Crippen molar-refractivity contribution in [2.45, 2.75) is 50.7 Å². The van der Waals surface area contributed by atoms with E-state index in [9.17, 15) is 10.2 Å². The number of para-hydroxylation sites is 1. The predicted octanol–water partition coefficient (Wildman–Crippen LogP) is 1.77. The van der Waals surface area contributed by atoms with E-state index in [1.165, 1.54) is 0 Å². The summed E-state index contributed by atoms with van der Waals surface area (Å²) in [6.07, 6.45) is 1.33. The van der Waals surface area contributed by atoms with Gasteiger partial charge in [0.05, 0.1) is 24.0 Å². The lowest BCUT2D eigenvalue weighted by molar-refractivity contribution is -0.115. The van der Waals surface area contributed by atoms with E-state index < -0.39 is 6.10 Å². The Morgan fingerprint density at radius 1 is 1.31 bits per heavy atom. The summed E-state index contributed by atoms with van der Waals surface area (Å²) in [6.45, 7) is 1.43. The van der Waals surface area contributed by atoms with Gasteiger partial charge in [0.1, 0.15) is 12.4 Å². The Bertz CT molecular complexity index is 690. The van der Waals surface area contributed by atoms with Crippen LogP contribution in [-0.2, 0) is 29.0 Å². The van der Waals surface area contributed by atoms with Crippen LogP contribution in [0, 0.1) is 0 Å². The fourth-order valence-electron chi connectivity index (χ4n) is 3.19. The molecule has 7 heteroatoms. The van der Waals surface area contributed by atoms with E-state index in [1.54, 1.807) is 19.2 Å². The second kappa shape index (κ2) is 9.14. The molecular weight excluding hydrogens is 336 g/mol. The zero-order valence-electron chi connectivity index (χ0n) is 14.9. The van der Waals surface area contributed by atoms with E-state index in [-0.39, 0.29) is 18.0 Å². The van der Waals surface area contributed by atoms with Crippen LogP contribution in [0.4, 0.5) is 0 Å². The van der Waals surface area contributed by atoms with Crippen LogP contribution in [0.25, 0.3) is 0 Å². The first-order chi connectivity index (χ1) is 12.7. The predicted molar refractivity (Wildman–Crippen MR) is 94.6 cm³/mol. The molecule has 26 heavy (non-hydrogen) atoms. The summed E-state index contributed by atoms with van der Waals surface area (Å²) in [5.41, 5.74) is 1.65. The highest BCUT2D eigenvalue weighted by atomic mass is 16.5. The van der Waals surface area contributed by atoms with E-state index in [2.05, 4.69) is 10.5 Å². The quantitative estimate of drug-likeness (QED) is 0.658. The lowest BCUT2D eigenvalue weighted by atomic mass is 9.98. The number of phenols is 1. The number of nitrogens with zero attached hydrogens (tertiary/aromatic N) is 1.